The standard InChI is InChI=1S/C16H27N3O4Si/c1-13(2)18-19-15-9-7-14(8-10-15)16(20)17-11-6-12-24(21-3,22-4)23-5/h7-10,13H,6,11-12H2,1-5H3,(H,17,20). The van der Waals surface area contributed by atoms with Crippen LogP contribution in [0.2, 0.25) is 6.04 Å². The summed E-state index contributed by atoms with van der Waals surface area (Å²) in [6, 6.07) is 7.82. The van der Waals surface area contributed by atoms with Crippen LogP contribution in [-0.2, 0) is 13.3 Å². The summed E-state index contributed by atoms with van der Waals surface area (Å²) < 4.78 is 16.0. The highest BCUT2D eigenvalue weighted by atomic mass is 28.4. The molecule has 134 valence electrons. The zero-order chi connectivity index (χ0) is 18.0. The van der Waals surface area contributed by atoms with Gasteiger partial charge in [-0.15, -0.1) is 0 Å². The molecule has 0 aromatic heterocycles. The number of carbonyl (C=O) groups is 1. The lowest BCUT2D eigenvalue weighted by Crippen LogP contribution is -2.43. The van der Waals surface area contributed by atoms with E-state index >= 15 is 0 Å². The fraction of sp³-hybridized carbons (Fsp3) is 0.562. The maximum atomic E-state index is 12.1. The van der Waals surface area contributed by atoms with Crippen molar-refractivity contribution < 1.29 is 18.1 Å². The average Bonchev–Trinajstić information content (AvgIpc) is 2.61. The molecule has 0 heterocycles. The molecule has 1 N–H and O–H groups in total. The first-order chi connectivity index (χ1) is 11.5. The van der Waals surface area contributed by atoms with Gasteiger partial charge in [0.2, 0.25) is 0 Å². The minimum absolute atomic E-state index is 0.123. The second-order valence-electron chi connectivity index (χ2n) is 5.51. The average molecular weight is 353 g/mol. The lowest BCUT2D eigenvalue weighted by Gasteiger charge is -2.24. The summed E-state index contributed by atoms with van der Waals surface area (Å²) in [4.78, 5) is 12.1. The molecule has 0 aliphatic carbocycles. The van der Waals surface area contributed by atoms with Crippen molar-refractivity contribution in [3.05, 3.63) is 29.8 Å². The molecule has 0 saturated heterocycles. The van der Waals surface area contributed by atoms with Gasteiger partial charge in [0, 0.05) is 39.5 Å². The Balaban J connectivity index is 2.45. The molecule has 0 fully saturated rings. The first-order valence-electron chi connectivity index (χ1n) is 7.91. The molecule has 0 aliphatic heterocycles. The van der Waals surface area contributed by atoms with Crippen LogP contribution in [0, 0.1) is 0 Å². The van der Waals surface area contributed by atoms with E-state index in [-0.39, 0.29) is 11.9 Å². The van der Waals surface area contributed by atoms with Gasteiger partial charge in [-0.05, 0) is 44.5 Å². The number of azo groups is 1. The Bertz CT molecular complexity index is 522. The number of nitrogens with zero attached hydrogens (tertiary/aromatic N) is 2. The fourth-order valence-corrected chi connectivity index (χ4v) is 3.75. The summed E-state index contributed by atoms with van der Waals surface area (Å²) in [5.41, 5.74) is 1.32. The summed E-state index contributed by atoms with van der Waals surface area (Å²) in [7, 11) is 2.17. The Morgan fingerprint density at radius 3 is 2.21 bits per heavy atom. The zero-order valence-electron chi connectivity index (χ0n) is 15.0. The molecular weight excluding hydrogens is 326 g/mol. The van der Waals surface area contributed by atoms with Gasteiger partial charge in [-0.3, -0.25) is 4.79 Å². The van der Waals surface area contributed by atoms with Crippen LogP contribution in [0.15, 0.2) is 34.5 Å². The molecule has 0 bridgehead atoms. The molecule has 1 rings (SSSR count). The van der Waals surface area contributed by atoms with Crippen molar-refractivity contribution in [1.29, 1.82) is 0 Å². The summed E-state index contributed by atoms with van der Waals surface area (Å²) in [6.45, 7) is 4.44. The highest BCUT2D eigenvalue weighted by molar-refractivity contribution is 6.60. The zero-order valence-corrected chi connectivity index (χ0v) is 16.0. The van der Waals surface area contributed by atoms with E-state index in [1.807, 2.05) is 13.8 Å². The van der Waals surface area contributed by atoms with Crippen LogP contribution < -0.4 is 5.32 Å². The van der Waals surface area contributed by atoms with Gasteiger partial charge in [0.05, 0.1) is 11.7 Å². The Hall–Kier alpha value is -1.61. The maximum absolute atomic E-state index is 12.1. The summed E-state index contributed by atoms with van der Waals surface area (Å²) in [5, 5.41) is 11.0. The number of benzene rings is 1. The van der Waals surface area contributed by atoms with E-state index in [9.17, 15) is 4.79 Å². The fourth-order valence-electron chi connectivity index (χ4n) is 2.03. The molecule has 7 nitrogen and oxygen atoms in total. The van der Waals surface area contributed by atoms with Gasteiger partial charge in [0.15, 0.2) is 0 Å². The van der Waals surface area contributed by atoms with Crippen LogP contribution >= 0.6 is 0 Å². The Labute approximate surface area is 144 Å². The van der Waals surface area contributed by atoms with Crippen molar-refractivity contribution in [2.45, 2.75) is 32.4 Å². The molecule has 0 radical (unpaired) electrons. The van der Waals surface area contributed by atoms with Gasteiger partial charge >= 0.3 is 8.80 Å². The Morgan fingerprint density at radius 2 is 1.71 bits per heavy atom. The van der Waals surface area contributed by atoms with Crippen molar-refractivity contribution in [2.75, 3.05) is 27.9 Å². The third kappa shape index (κ3) is 6.48. The first kappa shape index (κ1) is 20.4. The van der Waals surface area contributed by atoms with Crippen molar-refractivity contribution in [3.63, 3.8) is 0 Å². The minimum atomic E-state index is -2.57. The number of amides is 1. The minimum Gasteiger partial charge on any atom is -0.377 e. The predicted molar refractivity (Wildman–Crippen MR) is 94.6 cm³/mol. The van der Waals surface area contributed by atoms with Crippen LogP contribution in [0.25, 0.3) is 0 Å². The smallest absolute Gasteiger partial charge is 0.377 e. The third-order valence-corrected chi connectivity index (χ3v) is 6.24. The lowest BCUT2D eigenvalue weighted by molar-refractivity contribution is 0.0949. The molecular formula is C16H27N3O4Si. The van der Waals surface area contributed by atoms with E-state index in [0.717, 1.165) is 5.69 Å². The van der Waals surface area contributed by atoms with E-state index in [4.69, 9.17) is 13.3 Å². The predicted octanol–water partition coefficient (Wildman–Crippen LogP) is 3.18. The normalized spacial score (nSPS) is 12.1. The summed E-state index contributed by atoms with van der Waals surface area (Å²) in [6.07, 6.45) is 0.716. The molecule has 8 heteroatoms. The van der Waals surface area contributed by atoms with Crippen molar-refractivity contribution in [1.82, 2.24) is 5.32 Å². The monoisotopic (exact) mass is 353 g/mol. The van der Waals surface area contributed by atoms with E-state index in [1.54, 1.807) is 45.6 Å². The summed E-state index contributed by atoms with van der Waals surface area (Å²) in [5.74, 6) is -0.123. The second-order valence-corrected chi connectivity index (χ2v) is 8.60. The van der Waals surface area contributed by atoms with E-state index in [0.29, 0.717) is 24.6 Å². The largest absolute Gasteiger partial charge is 0.500 e. The molecule has 1 aromatic carbocycles. The van der Waals surface area contributed by atoms with Crippen molar-refractivity contribution in [2.24, 2.45) is 10.2 Å². The lowest BCUT2D eigenvalue weighted by atomic mass is 10.2. The quantitative estimate of drug-likeness (QED) is 0.398. The Kier molecular flexibility index (Phi) is 8.76. The third-order valence-electron chi connectivity index (χ3n) is 3.41. The van der Waals surface area contributed by atoms with E-state index in [2.05, 4.69) is 15.5 Å². The van der Waals surface area contributed by atoms with Crippen molar-refractivity contribution >= 4 is 20.4 Å². The van der Waals surface area contributed by atoms with Gasteiger partial charge in [-0.2, -0.15) is 10.2 Å². The van der Waals surface area contributed by atoms with Gasteiger partial charge < -0.3 is 18.6 Å². The highest BCUT2D eigenvalue weighted by Gasteiger charge is 2.36. The maximum Gasteiger partial charge on any atom is 0.500 e. The van der Waals surface area contributed by atoms with Crippen LogP contribution in [-0.4, -0.2) is 48.6 Å². The molecule has 0 aliphatic rings. The van der Waals surface area contributed by atoms with Crippen LogP contribution in [0.3, 0.4) is 0 Å². The number of carbonyl (C=O) groups excluding carboxylic acids is 1. The number of hydrogen-bond donors (Lipinski definition) is 1. The van der Waals surface area contributed by atoms with Gasteiger partial charge in [0.25, 0.3) is 5.91 Å². The number of hydrogen-bond acceptors (Lipinski definition) is 6. The SMILES string of the molecule is CO[Si](CCCNC(=O)c1ccc(N=NC(C)C)cc1)(OC)OC. The van der Waals surface area contributed by atoms with E-state index < -0.39 is 8.80 Å². The van der Waals surface area contributed by atoms with Crippen LogP contribution in [0.4, 0.5) is 5.69 Å². The van der Waals surface area contributed by atoms with Gasteiger partial charge in [-0.25, -0.2) is 0 Å². The molecule has 1 amide bonds. The van der Waals surface area contributed by atoms with Gasteiger partial charge in [-0.1, -0.05) is 0 Å². The van der Waals surface area contributed by atoms with Crippen molar-refractivity contribution in [3.8, 4) is 0 Å². The molecule has 0 unspecified atom stereocenters. The molecule has 0 spiro atoms. The first-order valence-corrected chi connectivity index (χ1v) is 9.84. The Morgan fingerprint density at radius 1 is 1.12 bits per heavy atom. The van der Waals surface area contributed by atoms with E-state index in [1.165, 1.54) is 0 Å². The number of nitrogens with one attached hydrogen (secondary N) is 1. The van der Waals surface area contributed by atoms with Crippen LogP contribution in [0.1, 0.15) is 30.6 Å². The topological polar surface area (TPSA) is 81.5 Å². The second kappa shape index (κ2) is 10.3. The molecule has 1 aromatic rings. The highest BCUT2D eigenvalue weighted by Crippen LogP contribution is 2.15. The molecule has 24 heavy (non-hydrogen) atoms. The summed E-state index contributed by atoms with van der Waals surface area (Å²) >= 11 is 0. The number of rotatable bonds is 10. The molecule has 0 saturated carbocycles. The molecule has 0 atom stereocenters. The van der Waals surface area contributed by atoms with Crippen LogP contribution in [0.5, 0.6) is 0 Å². The van der Waals surface area contributed by atoms with Gasteiger partial charge in [0.1, 0.15) is 0 Å².